The fourth-order valence-electron chi connectivity index (χ4n) is 4.12. The van der Waals surface area contributed by atoms with Crippen LogP contribution >= 0.6 is 0 Å². The molecule has 0 aliphatic carbocycles. The highest BCUT2D eigenvalue weighted by atomic mass is 16.6. The molecule has 1 saturated heterocycles. The number of fused-ring (bicyclic) bond motifs is 2. The van der Waals surface area contributed by atoms with E-state index in [0.29, 0.717) is 5.56 Å². The van der Waals surface area contributed by atoms with Gasteiger partial charge in [0.25, 0.3) is 0 Å². The van der Waals surface area contributed by atoms with Gasteiger partial charge in [-0.25, -0.2) is 4.79 Å². The molecule has 2 aromatic rings. The van der Waals surface area contributed by atoms with Gasteiger partial charge in [-0.05, 0) is 54.2 Å². The number of carbonyl (C=O) groups is 1. The van der Waals surface area contributed by atoms with Gasteiger partial charge in [0, 0.05) is 6.04 Å². The highest BCUT2D eigenvalue weighted by Gasteiger charge is 2.41. The molecule has 2 aliphatic heterocycles. The average Bonchev–Trinajstić information content (AvgIpc) is 3.01. The third kappa shape index (κ3) is 3.46. The number of methoxy groups -OCH3 is 1. The van der Waals surface area contributed by atoms with Crippen molar-refractivity contribution in [1.82, 2.24) is 4.90 Å². The Morgan fingerprint density at radius 3 is 2.75 bits per heavy atom. The van der Waals surface area contributed by atoms with Crippen LogP contribution in [0.3, 0.4) is 0 Å². The molecule has 1 amide bonds. The highest BCUT2D eigenvalue weighted by molar-refractivity contribution is 5.77. The predicted octanol–water partition coefficient (Wildman–Crippen LogP) is 4.52. The molecule has 0 spiro atoms. The van der Waals surface area contributed by atoms with Crippen molar-refractivity contribution < 1.29 is 14.3 Å². The maximum Gasteiger partial charge on any atom is 0.410 e. The van der Waals surface area contributed by atoms with Crippen molar-refractivity contribution in [1.29, 1.82) is 5.26 Å². The second-order valence-electron chi connectivity index (χ2n) is 7.17. The van der Waals surface area contributed by atoms with Crippen LogP contribution in [0, 0.1) is 11.3 Å². The van der Waals surface area contributed by atoms with Gasteiger partial charge in [0.05, 0.1) is 24.8 Å². The molecule has 0 radical (unpaired) electrons. The van der Waals surface area contributed by atoms with E-state index in [1.165, 1.54) is 0 Å². The van der Waals surface area contributed by atoms with Gasteiger partial charge in [-0.2, -0.15) is 5.26 Å². The van der Waals surface area contributed by atoms with E-state index < -0.39 is 0 Å². The van der Waals surface area contributed by atoms with Crippen LogP contribution in [0.25, 0.3) is 5.57 Å². The Morgan fingerprint density at radius 1 is 1.21 bits per heavy atom. The summed E-state index contributed by atoms with van der Waals surface area (Å²) in [5.74, 6) is 0.729. The Kier molecular flexibility index (Phi) is 5.03. The Hall–Kier alpha value is -3.26. The monoisotopic (exact) mass is 374 g/mol. The van der Waals surface area contributed by atoms with Crippen LogP contribution < -0.4 is 4.74 Å². The van der Waals surface area contributed by atoms with Crippen LogP contribution in [-0.2, 0) is 11.3 Å². The van der Waals surface area contributed by atoms with Crippen LogP contribution in [0.15, 0.2) is 54.6 Å². The minimum atomic E-state index is -0.266. The number of benzene rings is 2. The zero-order chi connectivity index (χ0) is 19.5. The fraction of sp³-hybridized carbons (Fsp3) is 0.304. The van der Waals surface area contributed by atoms with E-state index in [9.17, 15) is 10.1 Å². The summed E-state index contributed by atoms with van der Waals surface area (Å²) in [4.78, 5) is 14.6. The lowest BCUT2D eigenvalue weighted by molar-refractivity contribution is 0.0832. The summed E-state index contributed by atoms with van der Waals surface area (Å²) in [7, 11) is 1.62. The van der Waals surface area contributed by atoms with Crippen molar-refractivity contribution in [3.63, 3.8) is 0 Å². The Balaban J connectivity index is 1.53. The number of carbonyl (C=O) groups excluding carboxylic acids is 1. The quantitative estimate of drug-likeness (QED) is 0.789. The van der Waals surface area contributed by atoms with Gasteiger partial charge in [-0.1, -0.05) is 36.4 Å². The van der Waals surface area contributed by atoms with E-state index in [1.54, 1.807) is 19.2 Å². The third-order valence-electron chi connectivity index (χ3n) is 5.50. The van der Waals surface area contributed by atoms with Crippen LogP contribution in [0.2, 0.25) is 0 Å². The van der Waals surface area contributed by atoms with E-state index in [-0.39, 0.29) is 24.8 Å². The van der Waals surface area contributed by atoms with Crippen molar-refractivity contribution in [3.05, 3.63) is 71.3 Å². The van der Waals surface area contributed by atoms with Gasteiger partial charge in [-0.3, -0.25) is 4.90 Å². The van der Waals surface area contributed by atoms with Gasteiger partial charge in [0.15, 0.2) is 0 Å². The largest absolute Gasteiger partial charge is 0.497 e. The van der Waals surface area contributed by atoms with E-state index in [4.69, 9.17) is 9.47 Å². The Bertz CT molecular complexity index is 946. The lowest BCUT2D eigenvalue weighted by atomic mass is 9.92. The number of amides is 1. The first-order chi connectivity index (χ1) is 13.7. The summed E-state index contributed by atoms with van der Waals surface area (Å²) in [6.45, 7) is 0.278. The molecule has 2 aliphatic rings. The molecular formula is C23H22N2O3. The molecule has 2 heterocycles. The lowest BCUT2D eigenvalue weighted by Gasteiger charge is -2.33. The summed E-state index contributed by atoms with van der Waals surface area (Å²) in [6.07, 6.45) is 4.43. The summed E-state index contributed by atoms with van der Waals surface area (Å²) in [6, 6.07) is 17.6. The molecule has 4 rings (SSSR count). The van der Waals surface area contributed by atoms with E-state index in [0.717, 1.165) is 41.7 Å². The summed E-state index contributed by atoms with van der Waals surface area (Å²) >= 11 is 0. The standard InChI is InChI=1S/C23H22N2O3/c1-27-21-10-7-17(14-24)22(13-21)18-11-19-8-9-20(12-18)25(19)23(26)28-15-16-5-3-2-4-6-16/h2-7,10-11,13,19-20H,8-9,12,15H2,1H3. The zero-order valence-corrected chi connectivity index (χ0v) is 15.8. The molecule has 0 saturated carbocycles. The van der Waals surface area contributed by atoms with E-state index in [2.05, 4.69) is 12.1 Å². The zero-order valence-electron chi connectivity index (χ0n) is 15.8. The number of nitrogens with zero attached hydrogens (tertiary/aromatic N) is 2. The van der Waals surface area contributed by atoms with Crippen LogP contribution in [0.5, 0.6) is 5.75 Å². The average molecular weight is 374 g/mol. The van der Waals surface area contributed by atoms with Crippen molar-refractivity contribution in [2.45, 2.75) is 38.0 Å². The predicted molar refractivity (Wildman–Crippen MR) is 106 cm³/mol. The maximum absolute atomic E-state index is 12.7. The molecule has 1 fully saturated rings. The number of hydrogen-bond donors (Lipinski definition) is 0. The molecule has 0 N–H and O–H groups in total. The molecule has 2 bridgehead atoms. The Morgan fingerprint density at radius 2 is 2.04 bits per heavy atom. The molecule has 28 heavy (non-hydrogen) atoms. The van der Waals surface area contributed by atoms with Crippen LogP contribution in [0.4, 0.5) is 4.79 Å². The van der Waals surface area contributed by atoms with Crippen molar-refractivity contribution in [2.75, 3.05) is 7.11 Å². The first-order valence-electron chi connectivity index (χ1n) is 9.48. The lowest BCUT2D eigenvalue weighted by Crippen LogP contribution is -2.43. The smallest absolute Gasteiger partial charge is 0.410 e. The SMILES string of the molecule is COc1ccc(C#N)c(C2=CC3CCC(C2)N3C(=O)OCc2ccccc2)c1. The molecule has 2 unspecified atom stereocenters. The molecular weight excluding hydrogens is 352 g/mol. The van der Waals surface area contributed by atoms with Crippen LogP contribution in [-0.4, -0.2) is 30.2 Å². The van der Waals surface area contributed by atoms with Gasteiger partial charge >= 0.3 is 6.09 Å². The second-order valence-corrected chi connectivity index (χ2v) is 7.17. The molecule has 5 nitrogen and oxygen atoms in total. The normalized spacial score (nSPS) is 20.3. The summed E-state index contributed by atoms with van der Waals surface area (Å²) < 4.78 is 10.9. The molecule has 5 heteroatoms. The van der Waals surface area contributed by atoms with Crippen LogP contribution in [0.1, 0.15) is 36.0 Å². The summed E-state index contributed by atoms with van der Waals surface area (Å²) in [5, 5.41) is 9.48. The molecule has 142 valence electrons. The number of nitriles is 1. The third-order valence-corrected chi connectivity index (χ3v) is 5.50. The molecule has 2 aromatic carbocycles. The van der Waals surface area contributed by atoms with Gasteiger partial charge in [-0.15, -0.1) is 0 Å². The first kappa shape index (κ1) is 18.1. The first-order valence-corrected chi connectivity index (χ1v) is 9.48. The highest BCUT2D eigenvalue weighted by Crippen LogP contribution is 2.40. The topological polar surface area (TPSA) is 62.6 Å². The Labute approximate surface area is 164 Å². The van der Waals surface area contributed by atoms with Gasteiger partial charge in [0.1, 0.15) is 12.4 Å². The van der Waals surface area contributed by atoms with Crippen molar-refractivity contribution in [3.8, 4) is 11.8 Å². The van der Waals surface area contributed by atoms with E-state index >= 15 is 0 Å². The van der Waals surface area contributed by atoms with Crippen molar-refractivity contribution in [2.24, 2.45) is 0 Å². The molecule has 2 atom stereocenters. The minimum Gasteiger partial charge on any atom is -0.497 e. The van der Waals surface area contributed by atoms with Gasteiger partial charge in [0.2, 0.25) is 0 Å². The number of ether oxygens (including phenoxy) is 2. The van der Waals surface area contributed by atoms with E-state index in [1.807, 2.05) is 41.3 Å². The van der Waals surface area contributed by atoms with Crippen molar-refractivity contribution >= 4 is 11.7 Å². The summed E-state index contributed by atoms with van der Waals surface area (Å²) in [5.41, 5.74) is 3.61. The number of hydrogen-bond acceptors (Lipinski definition) is 4. The maximum atomic E-state index is 12.7. The molecule has 0 aromatic heterocycles. The van der Waals surface area contributed by atoms with Gasteiger partial charge < -0.3 is 9.47 Å². The minimum absolute atomic E-state index is 0.00904. The second kappa shape index (κ2) is 7.77. The fourth-order valence-corrected chi connectivity index (χ4v) is 4.12. The number of rotatable bonds is 4.